The summed E-state index contributed by atoms with van der Waals surface area (Å²) in [6.45, 7) is -2.83. The number of rotatable bonds is 18. The van der Waals surface area contributed by atoms with E-state index in [1.165, 1.54) is 28.2 Å². The predicted molar refractivity (Wildman–Crippen MR) is 192 cm³/mol. The van der Waals surface area contributed by atoms with Gasteiger partial charge in [-0.2, -0.15) is 4.31 Å². The molecule has 2 fully saturated rings. The van der Waals surface area contributed by atoms with Crippen molar-refractivity contribution in [3.8, 4) is 0 Å². The molecule has 31 nitrogen and oxygen atoms in total. The Morgan fingerprint density at radius 3 is 1.93 bits per heavy atom. The van der Waals surface area contributed by atoms with E-state index in [-0.39, 0.29) is 29.0 Å². The number of nitrogens with two attached hydrogens (primary N) is 2. The van der Waals surface area contributed by atoms with Crippen molar-refractivity contribution in [1.82, 2.24) is 24.4 Å². The summed E-state index contributed by atoms with van der Waals surface area (Å²) in [7, 11) is -15.6. The fourth-order valence-corrected chi connectivity index (χ4v) is 7.95. The molecule has 344 valence electrons. The van der Waals surface area contributed by atoms with Crippen molar-refractivity contribution in [2.24, 2.45) is 5.73 Å². The maximum atomic E-state index is 12.4. The van der Waals surface area contributed by atoms with Crippen molar-refractivity contribution in [2.75, 3.05) is 25.6 Å². The monoisotopic (exact) mass is 941 g/mol. The standard InChI is InChI=1S/C21H29N7O14P2.C6H13O10P/c22-17-12-19(25-7-24-17)28(8-26-12)21-16(32)14(30)11(41-21)6-39-44(36,37)42-43(34,35)38-5-10-13(29)15(31)20(40-10)27-3-1-2-9(4-27)18(23)33;7-2(1-16-17(13,14)15)3(8)4(9)5(10)6(11)12/h1,3-4,7-8,10-11,13-16,20-21,29-32H,2,5-6H2,(H2,23,33)(H,34,35)(H,36,37)(H2,22,24,25);2-5,7-10H,1H2,(H,11,12)(H2,13,14,15)/t10-,11-,13-,14-,15-,16-,20-,21-;2-,3-,4+,5-/m11/s1. The predicted octanol–water partition coefficient (Wildman–Crippen LogP) is -6.06. The van der Waals surface area contributed by atoms with Crippen molar-refractivity contribution in [3.63, 3.8) is 0 Å². The Hall–Kier alpha value is -3.46. The van der Waals surface area contributed by atoms with Crippen LogP contribution in [0.15, 0.2) is 36.7 Å². The number of hydrogen-bond donors (Lipinski definition) is 15. The maximum absolute atomic E-state index is 12.4. The van der Waals surface area contributed by atoms with Crippen LogP contribution >= 0.6 is 23.5 Å². The second-order valence-corrected chi connectivity index (χ2v) is 17.2. The van der Waals surface area contributed by atoms with Crippen LogP contribution in [0.5, 0.6) is 0 Å². The molecule has 0 saturated carbocycles. The van der Waals surface area contributed by atoms with E-state index >= 15 is 0 Å². The summed E-state index contributed by atoms with van der Waals surface area (Å²) in [6.07, 6.45) is -13.6. The van der Waals surface area contributed by atoms with E-state index in [0.29, 0.717) is 0 Å². The maximum Gasteiger partial charge on any atom is 0.481 e. The molecule has 2 saturated heterocycles. The molecule has 0 aromatic carbocycles. The Balaban J connectivity index is 0.000000408. The lowest BCUT2D eigenvalue weighted by Gasteiger charge is -2.28. The fraction of sp³-hybridized carbons (Fsp3) is 0.593. The minimum Gasteiger partial charge on any atom is -0.479 e. The third-order valence-corrected chi connectivity index (χ3v) is 11.7. The van der Waals surface area contributed by atoms with Gasteiger partial charge in [-0.05, 0) is 6.42 Å². The van der Waals surface area contributed by atoms with Gasteiger partial charge in [-0.1, -0.05) is 6.08 Å². The molecule has 0 aliphatic carbocycles. The Morgan fingerprint density at radius 2 is 1.39 bits per heavy atom. The zero-order chi connectivity index (χ0) is 45.8. The van der Waals surface area contributed by atoms with E-state index in [4.69, 9.17) is 65.3 Å². The molecular formula is C27H42N7O24P3. The number of anilines is 1. The van der Waals surface area contributed by atoms with E-state index < -0.39 is 129 Å². The van der Waals surface area contributed by atoms with Crippen LogP contribution in [-0.4, -0.2) is 189 Å². The number of fused-ring (bicyclic) bond motifs is 1. The number of phosphoric ester groups is 3. The van der Waals surface area contributed by atoms with Gasteiger partial charge in [0.25, 0.3) is 0 Å². The van der Waals surface area contributed by atoms with Gasteiger partial charge in [0.1, 0.15) is 66.8 Å². The molecule has 5 rings (SSSR count). The number of imidazole rings is 1. The molecule has 61 heavy (non-hydrogen) atoms. The van der Waals surface area contributed by atoms with Crippen LogP contribution in [0, 0.1) is 0 Å². The van der Waals surface area contributed by atoms with E-state index in [9.17, 15) is 53.5 Å². The van der Waals surface area contributed by atoms with Crippen LogP contribution < -0.4 is 11.5 Å². The summed E-state index contributed by atoms with van der Waals surface area (Å²) in [5.41, 5.74) is 11.6. The Morgan fingerprint density at radius 1 is 0.836 bits per heavy atom. The number of aliphatic carboxylic acids is 1. The first-order chi connectivity index (χ1) is 28.2. The molecule has 0 spiro atoms. The van der Waals surface area contributed by atoms with Crippen LogP contribution in [0.3, 0.4) is 0 Å². The van der Waals surface area contributed by atoms with Crippen molar-refractivity contribution < 1.29 is 116 Å². The van der Waals surface area contributed by atoms with Crippen molar-refractivity contribution in [2.45, 2.75) is 79.9 Å². The highest BCUT2D eigenvalue weighted by molar-refractivity contribution is 7.61. The van der Waals surface area contributed by atoms with Gasteiger partial charge in [0, 0.05) is 18.0 Å². The number of carbonyl (C=O) groups is 2. The number of carboxylic acid groups (broad SMARTS) is 1. The minimum atomic E-state index is -5.37. The molecule has 0 radical (unpaired) electrons. The SMILES string of the molecule is NC(=O)C1=CN([C@@H]2O[C@H](COP(=O)(O)OP(=O)(O)OC[C@H]3O[C@@H](n4cnc5c(N)ncnc54)[C@H](O)[C@@H]3O)[C@@H](O)[C@H]2O)C=CC1.O=C(O)[C@H](O)[C@@H](O)[C@H](O)[C@H](O)COP(=O)(O)O. The molecule has 17 N–H and O–H groups in total. The number of phosphoric acid groups is 3. The van der Waals surface area contributed by atoms with Crippen molar-refractivity contribution in [3.05, 3.63) is 36.7 Å². The van der Waals surface area contributed by atoms with Gasteiger partial charge in [-0.15, -0.1) is 0 Å². The number of ether oxygens (including phenoxy) is 2. The van der Waals surface area contributed by atoms with Crippen LogP contribution in [0.4, 0.5) is 5.82 Å². The van der Waals surface area contributed by atoms with Crippen molar-refractivity contribution >= 4 is 52.3 Å². The van der Waals surface area contributed by atoms with Gasteiger partial charge in [-0.3, -0.25) is 22.9 Å². The molecule has 2 aromatic heterocycles. The number of aromatic nitrogens is 4. The summed E-state index contributed by atoms with van der Waals surface area (Å²) in [5.74, 6) is -2.49. The first kappa shape index (κ1) is 50.2. The third-order valence-electron chi connectivity index (χ3n) is 8.61. The van der Waals surface area contributed by atoms with Crippen LogP contribution in [-0.2, 0) is 50.6 Å². The highest BCUT2D eigenvalue weighted by Crippen LogP contribution is 2.60. The summed E-state index contributed by atoms with van der Waals surface area (Å²) in [4.78, 5) is 71.4. The van der Waals surface area contributed by atoms with Crippen molar-refractivity contribution in [1.29, 1.82) is 0 Å². The molecule has 34 heteroatoms. The lowest BCUT2D eigenvalue weighted by molar-refractivity contribution is -0.164. The normalized spacial score (nSPS) is 29.4. The Bertz CT molecular complexity index is 2070. The molecule has 2 aromatic rings. The fourth-order valence-electron chi connectivity index (χ4n) is 5.51. The highest BCUT2D eigenvalue weighted by atomic mass is 31.3. The second kappa shape index (κ2) is 20.4. The number of nitrogens with zero attached hydrogens (tertiary/aromatic N) is 5. The van der Waals surface area contributed by atoms with E-state index in [0.717, 1.165) is 6.33 Å². The van der Waals surface area contributed by atoms with Gasteiger partial charge in [0.2, 0.25) is 5.91 Å². The lowest BCUT2D eigenvalue weighted by Crippen LogP contribution is -2.48. The van der Waals surface area contributed by atoms with E-state index in [1.807, 2.05) is 0 Å². The summed E-state index contributed by atoms with van der Waals surface area (Å²) in [6, 6.07) is 0. The number of carbonyl (C=O) groups excluding carboxylic acids is 1. The number of allylic oxidation sites excluding steroid dienone is 1. The van der Waals surface area contributed by atoms with Gasteiger partial charge in [-0.25, -0.2) is 33.4 Å². The highest BCUT2D eigenvalue weighted by Gasteiger charge is 2.48. The average Bonchev–Trinajstić information content (AvgIpc) is 3.83. The Labute approximate surface area is 340 Å². The summed E-state index contributed by atoms with van der Waals surface area (Å²) < 4.78 is 64.9. The van der Waals surface area contributed by atoms with Gasteiger partial charge in [0.15, 0.2) is 30.0 Å². The molecule has 3 aliphatic rings. The summed E-state index contributed by atoms with van der Waals surface area (Å²) in [5, 5.41) is 86.1. The number of hydrogen-bond acceptors (Lipinski definition) is 24. The number of aliphatic hydroxyl groups excluding tert-OH is 8. The second-order valence-electron chi connectivity index (χ2n) is 13.0. The third kappa shape index (κ3) is 13.0. The zero-order valence-electron chi connectivity index (χ0n) is 30.7. The topological polar surface area (TPSA) is 503 Å². The Kier molecular flexibility index (Phi) is 16.8. The van der Waals surface area contributed by atoms with Gasteiger partial charge < -0.3 is 91.4 Å². The molecule has 1 amide bonds. The number of primary amides is 1. The quantitative estimate of drug-likeness (QED) is 0.0619. The number of carboxylic acids is 1. The molecule has 2 unspecified atom stereocenters. The number of aliphatic hydroxyl groups is 8. The minimum absolute atomic E-state index is 0.0517. The van der Waals surface area contributed by atoms with Gasteiger partial charge in [0.05, 0.1) is 26.1 Å². The molecule has 3 aliphatic heterocycles. The van der Waals surface area contributed by atoms with Crippen LogP contribution in [0.1, 0.15) is 12.6 Å². The molecule has 5 heterocycles. The molecular weight excluding hydrogens is 899 g/mol. The van der Waals surface area contributed by atoms with Crippen LogP contribution in [0.25, 0.3) is 11.2 Å². The smallest absolute Gasteiger partial charge is 0.479 e. The number of nitrogen functional groups attached to an aromatic ring is 1. The number of amides is 1. The average molecular weight is 942 g/mol. The first-order valence-electron chi connectivity index (χ1n) is 17.0. The molecule has 0 bridgehead atoms. The van der Waals surface area contributed by atoms with Gasteiger partial charge >= 0.3 is 29.4 Å². The van der Waals surface area contributed by atoms with Crippen LogP contribution in [0.2, 0.25) is 0 Å². The summed E-state index contributed by atoms with van der Waals surface area (Å²) >= 11 is 0. The first-order valence-corrected chi connectivity index (χ1v) is 21.5. The van der Waals surface area contributed by atoms with E-state index in [2.05, 4.69) is 23.8 Å². The molecule has 14 atom stereocenters. The zero-order valence-corrected chi connectivity index (χ0v) is 33.4. The lowest BCUT2D eigenvalue weighted by atomic mass is 10.0. The van der Waals surface area contributed by atoms with E-state index in [1.54, 1.807) is 6.08 Å². The largest absolute Gasteiger partial charge is 0.481 e.